The van der Waals surface area contributed by atoms with Gasteiger partial charge in [-0.2, -0.15) is 5.26 Å². The first kappa shape index (κ1) is 24.0. The third-order valence-corrected chi connectivity index (χ3v) is 5.43. The minimum atomic E-state index is -0.652. The van der Waals surface area contributed by atoms with E-state index in [0.29, 0.717) is 23.0 Å². The molecule has 2 unspecified atom stereocenters. The first-order valence-electron chi connectivity index (χ1n) is 10.7. The summed E-state index contributed by atoms with van der Waals surface area (Å²) in [6.07, 6.45) is 8.24. The fourth-order valence-corrected chi connectivity index (χ4v) is 3.56. The van der Waals surface area contributed by atoms with Crippen LogP contribution in [-0.4, -0.2) is 44.3 Å². The molecule has 0 radical (unpaired) electrons. The van der Waals surface area contributed by atoms with Crippen LogP contribution in [0.15, 0.2) is 79.8 Å². The highest BCUT2D eigenvalue weighted by molar-refractivity contribution is 6.30. The van der Waals surface area contributed by atoms with Gasteiger partial charge in [0.2, 0.25) is 11.8 Å². The summed E-state index contributed by atoms with van der Waals surface area (Å²) in [7, 11) is 0. The summed E-state index contributed by atoms with van der Waals surface area (Å²) < 4.78 is 8.02. The van der Waals surface area contributed by atoms with Crippen molar-refractivity contribution in [3.05, 3.63) is 97.4 Å². The molecule has 11 nitrogen and oxygen atoms in total. The number of aliphatic hydroxyl groups excluding tert-OH is 1. The second-order valence-electron chi connectivity index (χ2n) is 7.65. The molecule has 180 valence electrons. The van der Waals surface area contributed by atoms with Gasteiger partial charge in [-0.3, -0.25) is 9.55 Å². The number of nitriles is 1. The number of nitrogens with one attached hydrogen (secondary N) is 2. The predicted molar refractivity (Wildman–Crippen MR) is 128 cm³/mol. The predicted octanol–water partition coefficient (Wildman–Crippen LogP) is 0.527. The lowest BCUT2D eigenvalue weighted by Crippen LogP contribution is -2.50. The smallest absolute Gasteiger partial charge is 0.335 e. The lowest BCUT2D eigenvalue weighted by Gasteiger charge is -2.17. The molecule has 2 aliphatic rings. The van der Waals surface area contributed by atoms with Crippen LogP contribution in [0.4, 0.5) is 0 Å². The summed E-state index contributed by atoms with van der Waals surface area (Å²) in [5.41, 5.74) is -0.325. The SMILES string of the molecule is N#CC1N=CC(OC2=CCC(/N=c3\[nH]c(=O)n(CCO)c(=O)n3Cc3ccc(Cl)cc3)C=C2)=CN1. The molecule has 12 heteroatoms. The van der Waals surface area contributed by atoms with Gasteiger partial charge in [-0.1, -0.05) is 29.8 Å². The Morgan fingerprint density at radius 2 is 2.06 bits per heavy atom. The summed E-state index contributed by atoms with van der Waals surface area (Å²) in [5, 5.41) is 21.5. The maximum Gasteiger partial charge on any atom is 0.335 e. The number of aromatic nitrogens is 3. The van der Waals surface area contributed by atoms with Gasteiger partial charge in [0.25, 0.3) is 0 Å². The Balaban J connectivity index is 1.59. The van der Waals surface area contributed by atoms with Gasteiger partial charge in [0, 0.05) is 11.2 Å². The molecule has 1 aliphatic carbocycles. The van der Waals surface area contributed by atoms with Crippen LogP contribution < -0.4 is 22.3 Å². The van der Waals surface area contributed by atoms with Crippen LogP contribution in [0.3, 0.4) is 0 Å². The Morgan fingerprint density at radius 3 is 2.69 bits per heavy atom. The van der Waals surface area contributed by atoms with Crippen molar-refractivity contribution < 1.29 is 9.84 Å². The highest BCUT2D eigenvalue weighted by Crippen LogP contribution is 2.17. The Labute approximate surface area is 204 Å². The first-order chi connectivity index (χ1) is 17.0. The first-order valence-corrected chi connectivity index (χ1v) is 11.1. The average molecular weight is 496 g/mol. The van der Waals surface area contributed by atoms with E-state index in [1.54, 1.807) is 42.6 Å². The second-order valence-corrected chi connectivity index (χ2v) is 8.08. The Kier molecular flexibility index (Phi) is 7.45. The van der Waals surface area contributed by atoms with E-state index in [1.165, 1.54) is 10.8 Å². The zero-order valence-corrected chi connectivity index (χ0v) is 19.2. The summed E-state index contributed by atoms with van der Waals surface area (Å²) >= 11 is 5.96. The normalized spacial score (nSPS) is 19.5. The van der Waals surface area contributed by atoms with Gasteiger partial charge in [-0.05, 0) is 36.3 Å². The summed E-state index contributed by atoms with van der Waals surface area (Å²) in [4.78, 5) is 36.8. The summed E-state index contributed by atoms with van der Waals surface area (Å²) in [5.74, 6) is 1.03. The van der Waals surface area contributed by atoms with Crippen LogP contribution in [-0.2, 0) is 17.8 Å². The molecule has 35 heavy (non-hydrogen) atoms. The Hall–Kier alpha value is -4.14. The number of H-pyrrole nitrogens is 1. The molecule has 0 fully saturated rings. The monoisotopic (exact) mass is 495 g/mol. The van der Waals surface area contributed by atoms with Crippen molar-refractivity contribution in [3.8, 4) is 6.07 Å². The molecule has 1 aliphatic heterocycles. The minimum absolute atomic E-state index is 0.116. The lowest BCUT2D eigenvalue weighted by molar-refractivity contribution is 0.267. The van der Waals surface area contributed by atoms with Crippen LogP contribution in [0.2, 0.25) is 5.02 Å². The quantitative estimate of drug-likeness (QED) is 0.510. The molecule has 3 N–H and O–H groups in total. The Morgan fingerprint density at radius 1 is 1.26 bits per heavy atom. The molecule has 4 rings (SSSR count). The van der Waals surface area contributed by atoms with Crippen LogP contribution in [0.1, 0.15) is 12.0 Å². The second kappa shape index (κ2) is 10.9. The third kappa shape index (κ3) is 5.87. The van der Waals surface area contributed by atoms with E-state index in [1.807, 2.05) is 12.1 Å². The number of hydrogen-bond acceptors (Lipinski definition) is 8. The highest BCUT2D eigenvalue weighted by atomic mass is 35.5. The molecular weight excluding hydrogens is 474 g/mol. The number of aliphatic hydroxyl groups is 1. The van der Waals surface area contributed by atoms with Crippen LogP contribution in [0.25, 0.3) is 0 Å². The topological polar surface area (TPSA) is 150 Å². The molecule has 0 bridgehead atoms. The fourth-order valence-electron chi connectivity index (χ4n) is 3.44. The molecule has 0 spiro atoms. The zero-order valence-electron chi connectivity index (χ0n) is 18.5. The van der Waals surface area contributed by atoms with Crippen molar-refractivity contribution in [2.75, 3.05) is 6.61 Å². The maximum absolute atomic E-state index is 13.0. The van der Waals surface area contributed by atoms with E-state index in [-0.39, 0.29) is 31.4 Å². The van der Waals surface area contributed by atoms with Crippen LogP contribution in [0.5, 0.6) is 0 Å². The number of benzene rings is 1. The largest absolute Gasteiger partial charge is 0.455 e. The molecule has 1 aromatic heterocycles. The van der Waals surface area contributed by atoms with Crippen molar-refractivity contribution >= 4 is 17.8 Å². The van der Waals surface area contributed by atoms with E-state index in [4.69, 9.17) is 21.6 Å². The standard InChI is InChI=1S/C23H22ClN7O4/c24-16-3-1-15(2-4-16)14-31-21(29-22(33)30(9-10-32)23(31)34)28-17-5-7-18(8-6-17)35-19-12-26-20(11-25)27-13-19/h1-5,7-8,12-13,17,20,26,32H,6,9-10,14H2,(H,28,29,33). The number of hydrogen-bond donors (Lipinski definition) is 3. The fraction of sp³-hybridized carbons (Fsp3) is 0.261. The van der Waals surface area contributed by atoms with Gasteiger partial charge in [0.05, 0.1) is 32.0 Å². The molecule has 0 amide bonds. The summed E-state index contributed by atoms with van der Waals surface area (Å²) in [6, 6.07) is 8.62. The number of aliphatic imine (C=N–C) groups is 1. The number of halogens is 1. The van der Waals surface area contributed by atoms with Gasteiger partial charge < -0.3 is 15.2 Å². The van der Waals surface area contributed by atoms with Crippen molar-refractivity contribution in [3.63, 3.8) is 0 Å². The van der Waals surface area contributed by atoms with Crippen molar-refractivity contribution in [2.24, 2.45) is 9.98 Å². The lowest BCUT2D eigenvalue weighted by atomic mass is 10.1. The Bertz CT molecular complexity index is 1440. The molecule has 1 aromatic carbocycles. The third-order valence-electron chi connectivity index (χ3n) is 5.18. The van der Waals surface area contributed by atoms with Gasteiger partial charge in [0.1, 0.15) is 11.8 Å². The van der Waals surface area contributed by atoms with Crippen molar-refractivity contribution in [1.82, 2.24) is 19.4 Å². The van der Waals surface area contributed by atoms with Gasteiger partial charge in [-0.25, -0.2) is 24.1 Å². The van der Waals surface area contributed by atoms with Crippen LogP contribution in [0, 0.1) is 11.3 Å². The number of rotatable bonds is 7. The molecular formula is C23H22ClN7O4. The van der Waals surface area contributed by atoms with Crippen molar-refractivity contribution in [2.45, 2.75) is 31.7 Å². The zero-order chi connectivity index (χ0) is 24.8. The number of allylic oxidation sites excluding steroid dienone is 2. The van der Waals surface area contributed by atoms with Crippen molar-refractivity contribution in [1.29, 1.82) is 5.26 Å². The average Bonchev–Trinajstić information content (AvgIpc) is 2.87. The van der Waals surface area contributed by atoms with E-state index in [0.717, 1.165) is 10.1 Å². The van der Waals surface area contributed by atoms with Gasteiger partial charge in [-0.15, -0.1) is 0 Å². The van der Waals surface area contributed by atoms with Gasteiger partial charge in [0.15, 0.2) is 5.76 Å². The molecule has 0 saturated carbocycles. The molecule has 2 aromatic rings. The number of ether oxygens (including phenoxy) is 1. The van der Waals surface area contributed by atoms with E-state index >= 15 is 0 Å². The molecule has 2 atom stereocenters. The maximum atomic E-state index is 13.0. The molecule has 2 heterocycles. The molecule has 0 saturated heterocycles. The minimum Gasteiger partial charge on any atom is -0.455 e. The van der Waals surface area contributed by atoms with E-state index in [2.05, 4.69) is 20.3 Å². The number of nitrogens with zero attached hydrogens (tertiary/aromatic N) is 5. The van der Waals surface area contributed by atoms with Gasteiger partial charge >= 0.3 is 11.4 Å². The number of aromatic amines is 1. The highest BCUT2D eigenvalue weighted by Gasteiger charge is 2.14. The van der Waals surface area contributed by atoms with Crippen LogP contribution >= 0.6 is 11.6 Å². The summed E-state index contributed by atoms with van der Waals surface area (Å²) in [6.45, 7) is -0.333. The van der Waals surface area contributed by atoms with E-state index < -0.39 is 17.5 Å². The van der Waals surface area contributed by atoms with E-state index in [9.17, 15) is 14.7 Å².